The fraction of sp³-hybridized carbons (Fsp3) is 1.00. The average molecular weight is 188 g/mol. The first-order chi connectivity index (χ1) is 6.20. The number of aliphatic hydroxyl groups is 1. The largest absolute Gasteiger partial charge is 0.393 e. The number of unbranched alkanes of at least 4 members (excludes halogenated alkanes) is 3. The third kappa shape index (κ3) is 8.26. The summed E-state index contributed by atoms with van der Waals surface area (Å²) in [5.74, 6) is 0. The van der Waals surface area contributed by atoms with E-state index < -0.39 is 0 Å². The van der Waals surface area contributed by atoms with Gasteiger partial charge in [-0.1, -0.05) is 32.6 Å². The Bertz CT molecular complexity index is 104. The van der Waals surface area contributed by atoms with Crippen molar-refractivity contribution in [1.29, 1.82) is 0 Å². The molecule has 0 aromatic carbocycles. The lowest BCUT2D eigenvalue weighted by Crippen LogP contribution is -2.16. The zero-order valence-electron chi connectivity index (χ0n) is 9.25. The number of aliphatic hydroxyl groups excluding tert-OH is 1. The summed E-state index contributed by atoms with van der Waals surface area (Å²) in [6.07, 6.45) is 6.63. The van der Waals surface area contributed by atoms with E-state index in [1.54, 1.807) is 7.11 Å². The first-order valence-corrected chi connectivity index (χ1v) is 5.41. The van der Waals surface area contributed by atoms with Crippen molar-refractivity contribution in [2.75, 3.05) is 7.11 Å². The van der Waals surface area contributed by atoms with Crippen LogP contribution in [0.5, 0.6) is 0 Å². The second kappa shape index (κ2) is 8.52. The number of hydrogen-bond donors (Lipinski definition) is 1. The van der Waals surface area contributed by atoms with Gasteiger partial charge in [-0.25, -0.2) is 0 Å². The highest BCUT2D eigenvalue weighted by atomic mass is 16.5. The quantitative estimate of drug-likeness (QED) is 0.593. The molecule has 0 spiro atoms. The third-order valence-electron chi connectivity index (χ3n) is 2.40. The van der Waals surface area contributed by atoms with Crippen molar-refractivity contribution in [2.24, 2.45) is 0 Å². The lowest BCUT2D eigenvalue weighted by molar-refractivity contribution is 0.0518. The Labute approximate surface area is 82.3 Å². The lowest BCUT2D eigenvalue weighted by Gasteiger charge is -2.14. The molecule has 0 fully saturated rings. The Hall–Kier alpha value is -0.0800. The standard InChI is InChI=1S/C11H24O2/c1-4-5-6-7-8-11(12)9-10(2)13-3/h10-12H,4-9H2,1-3H3. The van der Waals surface area contributed by atoms with Crippen molar-refractivity contribution in [1.82, 2.24) is 0 Å². The normalized spacial score (nSPS) is 15.7. The van der Waals surface area contributed by atoms with E-state index in [9.17, 15) is 5.11 Å². The van der Waals surface area contributed by atoms with Gasteiger partial charge in [0.25, 0.3) is 0 Å². The van der Waals surface area contributed by atoms with E-state index in [4.69, 9.17) is 4.74 Å². The van der Waals surface area contributed by atoms with E-state index in [0.717, 1.165) is 19.3 Å². The summed E-state index contributed by atoms with van der Waals surface area (Å²) in [6, 6.07) is 0. The van der Waals surface area contributed by atoms with Gasteiger partial charge < -0.3 is 9.84 Å². The molecule has 0 amide bonds. The predicted octanol–water partition coefficient (Wildman–Crippen LogP) is 2.74. The van der Waals surface area contributed by atoms with Crippen LogP contribution in [0.2, 0.25) is 0 Å². The van der Waals surface area contributed by atoms with Gasteiger partial charge in [0.2, 0.25) is 0 Å². The predicted molar refractivity (Wildman–Crippen MR) is 55.9 cm³/mol. The molecule has 0 saturated heterocycles. The number of hydrogen-bond acceptors (Lipinski definition) is 2. The molecule has 0 aromatic heterocycles. The minimum Gasteiger partial charge on any atom is -0.393 e. The Morgan fingerprint density at radius 3 is 2.46 bits per heavy atom. The first kappa shape index (κ1) is 12.9. The molecule has 0 bridgehead atoms. The van der Waals surface area contributed by atoms with E-state index in [0.29, 0.717) is 0 Å². The molecule has 2 unspecified atom stereocenters. The zero-order valence-corrected chi connectivity index (χ0v) is 9.25. The second-order valence-electron chi connectivity index (χ2n) is 3.79. The summed E-state index contributed by atoms with van der Waals surface area (Å²) in [6.45, 7) is 4.19. The van der Waals surface area contributed by atoms with E-state index in [1.807, 2.05) is 6.92 Å². The maximum Gasteiger partial charge on any atom is 0.0567 e. The van der Waals surface area contributed by atoms with Crippen LogP contribution in [0, 0.1) is 0 Å². The maximum absolute atomic E-state index is 9.57. The molecule has 0 aliphatic carbocycles. The van der Waals surface area contributed by atoms with Crippen LogP contribution in [-0.2, 0) is 4.74 Å². The van der Waals surface area contributed by atoms with Crippen LogP contribution < -0.4 is 0 Å². The van der Waals surface area contributed by atoms with Gasteiger partial charge in [0, 0.05) is 7.11 Å². The molecule has 2 nitrogen and oxygen atoms in total. The highest BCUT2D eigenvalue weighted by molar-refractivity contribution is 4.60. The third-order valence-corrected chi connectivity index (χ3v) is 2.40. The fourth-order valence-corrected chi connectivity index (χ4v) is 1.40. The molecule has 0 aromatic rings. The summed E-state index contributed by atoms with van der Waals surface area (Å²) < 4.78 is 5.09. The van der Waals surface area contributed by atoms with Gasteiger partial charge in [-0.05, 0) is 19.8 Å². The monoisotopic (exact) mass is 188 g/mol. The lowest BCUT2D eigenvalue weighted by atomic mass is 10.1. The summed E-state index contributed by atoms with van der Waals surface area (Å²) in [7, 11) is 1.69. The molecule has 0 aliphatic heterocycles. The molecule has 1 N–H and O–H groups in total. The molecule has 0 heterocycles. The van der Waals surface area contributed by atoms with Crippen molar-refractivity contribution in [3.05, 3.63) is 0 Å². The van der Waals surface area contributed by atoms with Gasteiger partial charge in [-0.15, -0.1) is 0 Å². The molecule has 80 valence electrons. The molecular formula is C11H24O2. The molecule has 0 radical (unpaired) electrons. The van der Waals surface area contributed by atoms with E-state index >= 15 is 0 Å². The maximum atomic E-state index is 9.57. The minimum atomic E-state index is -0.174. The zero-order chi connectivity index (χ0) is 10.1. The summed E-state index contributed by atoms with van der Waals surface area (Å²) in [4.78, 5) is 0. The van der Waals surface area contributed by atoms with Crippen LogP contribution in [0.25, 0.3) is 0 Å². The molecule has 2 heteroatoms. The topological polar surface area (TPSA) is 29.5 Å². The average Bonchev–Trinajstić information content (AvgIpc) is 2.12. The molecule has 2 atom stereocenters. The number of rotatable bonds is 8. The highest BCUT2D eigenvalue weighted by Crippen LogP contribution is 2.10. The summed E-state index contributed by atoms with van der Waals surface area (Å²) >= 11 is 0. The highest BCUT2D eigenvalue weighted by Gasteiger charge is 2.08. The smallest absolute Gasteiger partial charge is 0.0567 e. The molecule has 0 aliphatic rings. The van der Waals surface area contributed by atoms with Gasteiger partial charge >= 0.3 is 0 Å². The minimum absolute atomic E-state index is 0.174. The van der Waals surface area contributed by atoms with Gasteiger partial charge in [0.1, 0.15) is 0 Å². The summed E-state index contributed by atoms with van der Waals surface area (Å²) in [5.41, 5.74) is 0. The Kier molecular flexibility index (Phi) is 8.46. The van der Waals surface area contributed by atoms with Crippen molar-refractivity contribution >= 4 is 0 Å². The van der Waals surface area contributed by atoms with Crippen LogP contribution in [0.15, 0.2) is 0 Å². The van der Waals surface area contributed by atoms with Crippen LogP contribution in [0.3, 0.4) is 0 Å². The Balaban J connectivity index is 3.24. The van der Waals surface area contributed by atoms with Gasteiger partial charge in [0.05, 0.1) is 12.2 Å². The van der Waals surface area contributed by atoms with Crippen LogP contribution in [-0.4, -0.2) is 24.4 Å². The summed E-state index contributed by atoms with van der Waals surface area (Å²) in [5, 5.41) is 9.57. The fourth-order valence-electron chi connectivity index (χ4n) is 1.40. The molecule has 13 heavy (non-hydrogen) atoms. The van der Waals surface area contributed by atoms with Crippen LogP contribution >= 0.6 is 0 Å². The second-order valence-corrected chi connectivity index (χ2v) is 3.79. The molecule has 0 saturated carbocycles. The van der Waals surface area contributed by atoms with Crippen molar-refractivity contribution in [3.8, 4) is 0 Å². The van der Waals surface area contributed by atoms with Crippen molar-refractivity contribution in [3.63, 3.8) is 0 Å². The van der Waals surface area contributed by atoms with E-state index in [1.165, 1.54) is 19.3 Å². The molecule has 0 rings (SSSR count). The number of ether oxygens (including phenoxy) is 1. The van der Waals surface area contributed by atoms with Gasteiger partial charge in [-0.3, -0.25) is 0 Å². The van der Waals surface area contributed by atoms with Gasteiger partial charge in [0.15, 0.2) is 0 Å². The Morgan fingerprint density at radius 2 is 1.92 bits per heavy atom. The first-order valence-electron chi connectivity index (χ1n) is 5.41. The van der Waals surface area contributed by atoms with Gasteiger partial charge in [-0.2, -0.15) is 0 Å². The van der Waals surface area contributed by atoms with Crippen molar-refractivity contribution in [2.45, 2.75) is 64.6 Å². The Morgan fingerprint density at radius 1 is 1.23 bits per heavy atom. The van der Waals surface area contributed by atoms with Crippen LogP contribution in [0.1, 0.15) is 52.4 Å². The molecular weight excluding hydrogens is 164 g/mol. The van der Waals surface area contributed by atoms with Crippen LogP contribution in [0.4, 0.5) is 0 Å². The van der Waals surface area contributed by atoms with Crippen molar-refractivity contribution < 1.29 is 9.84 Å². The van der Waals surface area contributed by atoms with E-state index in [2.05, 4.69) is 6.92 Å². The number of methoxy groups -OCH3 is 1. The van der Waals surface area contributed by atoms with E-state index in [-0.39, 0.29) is 12.2 Å². The SMILES string of the molecule is CCCCCCC(O)CC(C)OC.